The van der Waals surface area contributed by atoms with E-state index in [4.69, 9.17) is 4.74 Å². The van der Waals surface area contributed by atoms with E-state index in [1.54, 1.807) is 24.1 Å². The van der Waals surface area contributed by atoms with Crippen LogP contribution in [0, 0.1) is 11.8 Å². The number of piperidine rings is 1. The number of likely N-dealkylation sites (N-methyl/N-ethyl adjacent to an activating group) is 1. The summed E-state index contributed by atoms with van der Waals surface area (Å²) in [6.07, 6.45) is 2.52. The molecule has 230 valence electrons. The van der Waals surface area contributed by atoms with Gasteiger partial charge in [0, 0.05) is 31.3 Å². The Morgan fingerprint density at radius 1 is 1.26 bits per heavy atom. The highest BCUT2D eigenvalue weighted by molar-refractivity contribution is 5.92. The number of ether oxygens (including phenoxy) is 2. The van der Waals surface area contributed by atoms with Crippen molar-refractivity contribution in [2.24, 2.45) is 11.8 Å². The van der Waals surface area contributed by atoms with Crippen LogP contribution in [-0.2, 0) is 16.6 Å². The lowest BCUT2D eigenvalue weighted by Crippen LogP contribution is -2.81. The lowest BCUT2D eigenvalue weighted by molar-refractivity contribution is -0.274. The summed E-state index contributed by atoms with van der Waals surface area (Å²) >= 11 is 0. The second-order valence-electron chi connectivity index (χ2n) is 13.0. The molecule has 6 atom stereocenters. The molecule has 7 rings (SSSR count). The summed E-state index contributed by atoms with van der Waals surface area (Å²) in [6, 6.07) is 8.63. The minimum atomic E-state index is -4.81. The fraction of sp³-hybridized carbons (Fsp3) is 0.545. The topological polar surface area (TPSA) is 82.5 Å². The minimum Gasteiger partial charge on any atom is -0.504 e. The van der Waals surface area contributed by atoms with Crippen LogP contribution in [0.4, 0.5) is 13.2 Å². The van der Waals surface area contributed by atoms with E-state index >= 15 is 0 Å². The summed E-state index contributed by atoms with van der Waals surface area (Å²) in [4.78, 5) is 17.7. The van der Waals surface area contributed by atoms with Crippen molar-refractivity contribution in [3.05, 3.63) is 59.2 Å². The largest absolute Gasteiger partial charge is 0.573 e. The number of aromatic hydroxyl groups is 1. The van der Waals surface area contributed by atoms with Crippen LogP contribution >= 0.6 is 0 Å². The Balaban J connectivity index is 1.23. The van der Waals surface area contributed by atoms with Gasteiger partial charge in [-0.05, 0) is 85.9 Å². The van der Waals surface area contributed by atoms with E-state index in [1.807, 2.05) is 6.07 Å². The van der Waals surface area contributed by atoms with Gasteiger partial charge in [0.05, 0.1) is 17.1 Å². The van der Waals surface area contributed by atoms with Gasteiger partial charge in [-0.1, -0.05) is 31.5 Å². The van der Waals surface area contributed by atoms with Crippen LogP contribution in [0.1, 0.15) is 55.7 Å². The molecule has 2 heterocycles. The molecule has 0 unspecified atom stereocenters. The molecule has 2 saturated carbocycles. The molecule has 3 fully saturated rings. The van der Waals surface area contributed by atoms with Crippen molar-refractivity contribution >= 4 is 12.0 Å². The molecule has 2 aromatic carbocycles. The van der Waals surface area contributed by atoms with Crippen molar-refractivity contribution in [2.45, 2.75) is 81.0 Å². The summed E-state index contributed by atoms with van der Waals surface area (Å²) in [5.74, 6) is 0.352. The summed E-state index contributed by atoms with van der Waals surface area (Å²) in [7, 11) is 1.71. The number of amides is 1. The van der Waals surface area contributed by atoms with Gasteiger partial charge in [-0.3, -0.25) is 9.69 Å². The second-order valence-corrected chi connectivity index (χ2v) is 13.0. The number of aliphatic hydroxyl groups is 1. The summed E-state index contributed by atoms with van der Waals surface area (Å²) in [5, 5.41) is 24.0. The SMILES string of the molecule is CC[C@H]1C[C@@H](N(C)C(=O)C=Cc2cccc(OC(F)(F)F)c2)[C@H]2Oc3c(O)ccc4c3[C@@]23CCN(CC2CC2)[C@H](C4)[C@]13O. The van der Waals surface area contributed by atoms with Gasteiger partial charge in [-0.15, -0.1) is 13.2 Å². The average Bonchev–Trinajstić information content (AvgIpc) is 3.70. The number of carbonyl (C=O) groups is 1. The van der Waals surface area contributed by atoms with Crippen LogP contribution < -0.4 is 9.47 Å². The van der Waals surface area contributed by atoms with Crippen LogP contribution in [0.2, 0.25) is 0 Å². The molecule has 0 radical (unpaired) electrons. The predicted octanol–water partition coefficient (Wildman–Crippen LogP) is 5.03. The Morgan fingerprint density at radius 3 is 2.77 bits per heavy atom. The van der Waals surface area contributed by atoms with Gasteiger partial charge in [-0.2, -0.15) is 0 Å². The number of likely N-dealkylation sites (tertiary alicyclic amines) is 1. The molecule has 43 heavy (non-hydrogen) atoms. The van der Waals surface area contributed by atoms with Crippen molar-refractivity contribution in [2.75, 3.05) is 20.1 Å². The summed E-state index contributed by atoms with van der Waals surface area (Å²) in [6.45, 7) is 3.88. The Bertz CT molecular complexity index is 1470. The number of carbonyl (C=O) groups excluding carboxylic acids is 1. The third kappa shape index (κ3) is 4.35. The van der Waals surface area contributed by atoms with Crippen LogP contribution in [0.3, 0.4) is 0 Å². The molecule has 7 nitrogen and oxygen atoms in total. The zero-order chi connectivity index (χ0) is 30.3. The number of rotatable bonds is 7. The van der Waals surface area contributed by atoms with Gasteiger partial charge < -0.3 is 24.6 Å². The smallest absolute Gasteiger partial charge is 0.504 e. The van der Waals surface area contributed by atoms with Gasteiger partial charge in [0.25, 0.3) is 0 Å². The summed E-state index contributed by atoms with van der Waals surface area (Å²) < 4.78 is 48.7. The molecule has 1 spiro atoms. The maximum absolute atomic E-state index is 13.6. The van der Waals surface area contributed by atoms with Gasteiger partial charge in [0.2, 0.25) is 5.91 Å². The van der Waals surface area contributed by atoms with Crippen molar-refractivity contribution in [1.82, 2.24) is 9.80 Å². The molecule has 3 aliphatic carbocycles. The number of alkyl halides is 3. The fourth-order valence-electron chi connectivity index (χ4n) is 8.79. The lowest BCUT2D eigenvalue weighted by Gasteiger charge is -2.67. The monoisotopic (exact) mass is 598 g/mol. The van der Waals surface area contributed by atoms with Gasteiger partial charge in [0.15, 0.2) is 11.5 Å². The first-order valence-electron chi connectivity index (χ1n) is 15.3. The average molecular weight is 599 g/mol. The molecule has 5 aliphatic rings. The highest BCUT2D eigenvalue weighted by atomic mass is 19.4. The highest BCUT2D eigenvalue weighted by Crippen LogP contribution is 2.67. The molecule has 1 saturated heterocycles. The Morgan fingerprint density at radius 2 is 2.05 bits per heavy atom. The standard InChI is InChI=1S/C33H37F3N2O5/c1-3-22-17-24(37(2)27(40)12-9-19-5-4-6-23(15-19)43-33(34,35)36)30-31-13-14-38(18-20-7-8-20)26(32(22,31)41)16-21-10-11-25(39)29(42-30)28(21)31/h4-6,9-12,15,20,22,24,26,30,39,41H,3,7-8,13-14,16-18H2,1-2H3/t22-,24+,26+,30+,31-,32+/m0/s1. The maximum Gasteiger partial charge on any atom is 0.573 e. The zero-order valence-electron chi connectivity index (χ0n) is 24.3. The molecule has 2 aromatic rings. The number of hydrogen-bond acceptors (Lipinski definition) is 6. The fourth-order valence-corrected chi connectivity index (χ4v) is 8.79. The lowest BCUT2D eigenvalue weighted by atomic mass is 9.45. The first-order chi connectivity index (χ1) is 20.5. The normalized spacial score (nSPS) is 32.8. The molecular weight excluding hydrogens is 561 g/mol. The number of phenols is 1. The van der Waals surface area contributed by atoms with Gasteiger partial charge >= 0.3 is 6.36 Å². The van der Waals surface area contributed by atoms with E-state index in [9.17, 15) is 28.2 Å². The van der Waals surface area contributed by atoms with Crippen molar-refractivity contribution < 1.29 is 37.7 Å². The van der Waals surface area contributed by atoms with E-state index in [0.717, 1.165) is 30.6 Å². The first-order valence-corrected chi connectivity index (χ1v) is 15.3. The minimum absolute atomic E-state index is 0.0466. The van der Waals surface area contributed by atoms with Crippen molar-refractivity contribution in [1.29, 1.82) is 0 Å². The zero-order valence-corrected chi connectivity index (χ0v) is 24.3. The number of nitrogens with zero attached hydrogens (tertiary/aromatic N) is 2. The van der Waals surface area contributed by atoms with Crippen LogP contribution in [0.25, 0.3) is 6.08 Å². The van der Waals surface area contributed by atoms with E-state index < -0.39 is 29.5 Å². The predicted molar refractivity (Wildman–Crippen MR) is 153 cm³/mol. The summed E-state index contributed by atoms with van der Waals surface area (Å²) in [5.41, 5.74) is 0.536. The number of phenolic OH excluding ortho intramolecular Hbond substituents is 1. The van der Waals surface area contributed by atoms with Crippen LogP contribution in [0.5, 0.6) is 17.2 Å². The third-order valence-corrected chi connectivity index (χ3v) is 10.8. The van der Waals surface area contributed by atoms with Crippen LogP contribution in [-0.4, -0.2) is 76.2 Å². The van der Waals surface area contributed by atoms with E-state index in [0.29, 0.717) is 36.5 Å². The number of halogens is 3. The van der Waals surface area contributed by atoms with Crippen molar-refractivity contribution in [3.63, 3.8) is 0 Å². The molecule has 2 N–H and O–H groups in total. The van der Waals surface area contributed by atoms with Gasteiger partial charge in [0.1, 0.15) is 11.9 Å². The molecule has 2 bridgehead atoms. The molecule has 1 amide bonds. The second kappa shape index (κ2) is 9.89. The van der Waals surface area contributed by atoms with E-state index in [2.05, 4.69) is 16.6 Å². The van der Waals surface area contributed by atoms with Crippen LogP contribution in [0.15, 0.2) is 42.5 Å². The number of hydrogen-bond donors (Lipinski definition) is 2. The Labute approximate surface area is 248 Å². The number of benzene rings is 2. The quantitative estimate of drug-likeness (QED) is 0.435. The highest BCUT2D eigenvalue weighted by Gasteiger charge is 2.75. The Hall–Kier alpha value is -3.24. The maximum atomic E-state index is 13.6. The van der Waals surface area contributed by atoms with E-state index in [1.165, 1.54) is 43.2 Å². The molecule has 10 heteroatoms. The third-order valence-electron chi connectivity index (χ3n) is 10.8. The first kappa shape index (κ1) is 28.5. The molecule has 2 aliphatic heterocycles. The van der Waals surface area contributed by atoms with E-state index in [-0.39, 0.29) is 29.4 Å². The van der Waals surface area contributed by atoms with Crippen molar-refractivity contribution in [3.8, 4) is 17.2 Å². The van der Waals surface area contributed by atoms with Gasteiger partial charge in [-0.25, -0.2) is 0 Å². The molecule has 0 aromatic heterocycles. The Kier molecular flexibility index (Phi) is 6.56. The molecular formula is C33H37F3N2O5.